The van der Waals surface area contributed by atoms with Gasteiger partial charge < -0.3 is 10.2 Å². The quantitative estimate of drug-likeness (QED) is 0.743. The zero-order valence-electron chi connectivity index (χ0n) is 8.49. The lowest BCUT2D eigenvalue weighted by atomic mass is 10.1. The van der Waals surface area contributed by atoms with Gasteiger partial charge in [-0.05, 0) is 25.5 Å². The van der Waals surface area contributed by atoms with Crippen LogP contribution in [0.2, 0.25) is 0 Å². The maximum absolute atomic E-state index is 11.0. The van der Waals surface area contributed by atoms with E-state index in [-0.39, 0.29) is 18.0 Å². The maximum atomic E-state index is 11.0. The third-order valence-corrected chi connectivity index (χ3v) is 2.17. The summed E-state index contributed by atoms with van der Waals surface area (Å²) in [4.78, 5) is 11.0. The molecule has 0 aromatic carbocycles. The van der Waals surface area contributed by atoms with Gasteiger partial charge in [0.15, 0.2) is 0 Å². The fourth-order valence-corrected chi connectivity index (χ4v) is 1.32. The van der Waals surface area contributed by atoms with Crippen molar-refractivity contribution in [3.8, 4) is 0 Å². The molecular weight excluding hydrogens is 180 g/mol. The molecule has 4 heteroatoms. The van der Waals surface area contributed by atoms with Crippen molar-refractivity contribution in [3.05, 3.63) is 24.2 Å². The lowest BCUT2D eigenvalue weighted by Gasteiger charge is -2.17. The van der Waals surface area contributed by atoms with Gasteiger partial charge in [-0.15, -0.1) is 0 Å². The Morgan fingerprint density at radius 2 is 2.43 bits per heavy atom. The highest BCUT2D eigenvalue weighted by Gasteiger charge is 2.17. The van der Waals surface area contributed by atoms with Crippen LogP contribution < -0.4 is 11.1 Å². The Morgan fingerprint density at radius 3 is 2.86 bits per heavy atom. The Labute approximate surface area is 83.5 Å². The molecular formula is C10H16N2O2. The molecule has 0 aliphatic heterocycles. The highest BCUT2D eigenvalue weighted by Crippen LogP contribution is 2.13. The maximum Gasteiger partial charge on any atom is 0.234 e. The summed E-state index contributed by atoms with van der Waals surface area (Å²) in [5, 5.41) is 3.10. The molecule has 0 saturated heterocycles. The highest BCUT2D eigenvalue weighted by molar-refractivity contribution is 5.79. The van der Waals surface area contributed by atoms with E-state index in [2.05, 4.69) is 5.32 Å². The second-order valence-corrected chi connectivity index (χ2v) is 3.27. The SMILES string of the molecule is CCC(N[C@H](C)c1ccco1)C(N)=O. The van der Waals surface area contributed by atoms with Crippen molar-refractivity contribution in [1.82, 2.24) is 5.32 Å². The zero-order chi connectivity index (χ0) is 10.6. The number of furan rings is 1. The van der Waals surface area contributed by atoms with Gasteiger partial charge >= 0.3 is 0 Å². The molecule has 1 aromatic rings. The van der Waals surface area contributed by atoms with Crippen LogP contribution in [-0.2, 0) is 4.79 Å². The van der Waals surface area contributed by atoms with Crippen molar-refractivity contribution in [3.63, 3.8) is 0 Å². The van der Waals surface area contributed by atoms with Crippen molar-refractivity contribution in [2.24, 2.45) is 5.73 Å². The summed E-state index contributed by atoms with van der Waals surface area (Å²) < 4.78 is 5.21. The summed E-state index contributed by atoms with van der Waals surface area (Å²) in [6.45, 7) is 3.85. The van der Waals surface area contributed by atoms with Crippen LogP contribution in [0.1, 0.15) is 32.1 Å². The summed E-state index contributed by atoms with van der Waals surface area (Å²) in [5.41, 5.74) is 5.22. The van der Waals surface area contributed by atoms with E-state index in [9.17, 15) is 4.79 Å². The second kappa shape index (κ2) is 4.81. The van der Waals surface area contributed by atoms with Gasteiger partial charge in [-0.1, -0.05) is 6.92 Å². The standard InChI is InChI=1S/C10H16N2O2/c1-3-8(10(11)13)12-7(2)9-5-4-6-14-9/h4-8,12H,3H2,1-2H3,(H2,11,13)/t7-,8?/m1/s1. The molecule has 0 aliphatic carbocycles. The number of nitrogens with one attached hydrogen (secondary N) is 1. The highest BCUT2D eigenvalue weighted by atomic mass is 16.3. The lowest BCUT2D eigenvalue weighted by Crippen LogP contribution is -2.41. The summed E-state index contributed by atoms with van der Waals surface area (Å²) in [6.07, 6.45) is 2.29. The van der Waals surface area contributed by atoms with Crippen LogP contribution in [-0.4, -0.2) is 11.9 Å². The van der Waals surface area contributed by atoms with E-state index < -0.39 is 0 Å². The number of hydrogen-bond donors (Lipinski definition) is 2. The predicted octanol–water partition coefficient (Wildman–Crippen LogP) is 1.19. The van der Waals surface area contributed by atoms with Crippen LogP contribution in [0.5, 0.6) is 0 Å². The third-order valence-electron chi connectivity index (χ3n) is 2.17. The van der Waals surface area contributed by atoms with Crippen LogP contribution >= 0.6 is 0 Å². The number of carbonyl (C=O) groups is 1. The topological polar surface area (TPSA) is 68.3 Å². The van der Waals surface area contributed by atoms with E-state index in [0.29, 0.717) is 6.42 Å². The average molecular weight is 196 g/mol. The molecule has 3 N–H and O–H groups in total. The minimum Gasteiger partial charge on any atom is -0.468 e. The van der Waals surface area contributed by atoms with E-state index in [1.165, 1.54) is 0 Å². The van der Waals surface area contributed by atoms with Crippen LogP contribution in [0.4, 0.5) is 0 Å². The van der Waals surface area contributed by atoms with E-state index in [0.717, 1.165) is 5.76 Å². The van der Waals surface area contributed by atoms with Gasteiger partial charge in [0, 0.05) is 0 Å². The van der Waals surface area contributed by atoms with Crippen LogP contribution in [0.15, 0.2) is 22.8 Å². The first-order valence-corrected chi connectivity index (χ1v) is 4.74. The third kappa shape index (κ3) is 2.60. The molecule has 1 aromatic heterocycles. The summed E-state index contributed by atoms with van der Waals surface area (Å²) in [7, 11) is 0. The molecule has 1 unspecified atom stereocenters. The Kier molecular flexibility index (Phi) is 3.71. The Hall–Kier alpha value is -1.29. The van der Waals surface area contributed by atoms with Crippen LogP contribution in [0.3, 0.4) is 0 Å². The molecule has 0 bridgehead atoms. The Bertz CT molecular complexity index is 282. The molecule has 0 spiro atoms. The number of hydrogen-bond acceptors (Lipinski definition) is 3. The van der Waals surface area contributed by atoms with Crippen molar-refractivity contribution >= 4 is 5.91 Å². The molecule has 0 saturated carbocycles. The molecule has 14 heavy (non-hydrogen) atoms. The molecule has 0 aliphatic rings. The number of rotatable bonds is 5. The number of primary amides is 1. The molecule has 78 valence electrons. The minimum atomic E-state index is -0.328. The number of amides is 1. The fourth-order valence-electron chi connectivity index (χ4n) is 1.32. The van der Waals surface area contributed by atoms with Crippen molar-refractivity contribution < 1.29 is 9.21 Å². The fraction of sp³-hybridized carbons (Fsp3) is 0.500. The molecule has 1 amide bonds. The largest absolute Gasteiger partial charge is 0.468 e. The van der Waals surface area contributed by atoms with Crippen molar-refractivity contribution in [1.29, 1.82) is 0 Å². The Balaban J connectivity index is 2.55. The predicted molar refractivity (Wildman–Crippen MR) is 53.5 cm³/mol. The first-order chi connectivity index (χ1) is 6.65. The summed E-state index contributed by atoms with van der Waals surface area (Å²) >= 11 is 0. The minimum absolute atomic E-state index is 0.00227. The molecule has 2 atom stereocenters. The first-order valence-electron chi connectivity index (χ1n) is 4.74. The monoisotopic (exact) mass is 196 g/mol. The van der Waals surface area contributed by atoms with E-state index in [4.69, 9.17) is 10.2 Å². The number of nitrogens with two attached hydrogens (primary N) is 1. The van der Waals surface area contributed by atoms with Gasteiger partial charge in [-0.3, -0.25) is 10.1 Å². The molecule has 1 heterocycles. The van der Waals surface area contributed by atoms with Crippen molar-refractivity contribution in [2.75, 3.05) is 0 Å². The van der Waals surface area contributed by atoms with Crippen LogP contribution in [0, 0.1) is 0 Å². The molecule has 0 radical (unpaired) electrons. The average Bonchev–Trinajstić information content (AvgIpc) is 2.65. The molecule has 0 fully saturated rings. The van der Waals surface area contributed by atoms with E-state index >= 15 is 0 Å². The van der Waals surface area contributed by atoms with E-state index in [1.54, 1.807) is 6.26 Å². The van der Waals surface area contributed by atoms with Gasteiger partial charge in [0.05, 0.1) is 18.3 Å². The first kappa shape index (κ1) is 10.8. The number of carbonyl (C=O) groups excluding carboxylic acids is 1. The van der Waals surface area contributed by atoms with Crippen LogP contribution in [0.25, 0.3) is 0 Å². The molecule has 1 rings (SSSR count). The molecule has 4 nitrogen and oxygen atoms in total. The van der Waals surface area contributed by atoms with Gasteiger partial charge in [0.2, 0.25) is 5.91 Å². The smallest absolute Gasteiger partial charge is 0.234 e. The van der Waals surface area contributed by atoms with Crippen molar-refractivity contribution in [2.45, 2.75) is 32.4 Å². The zero-order valence-corrected chi connectivity index (χ0v) is 8.49. The Morgan fingerprint density at radius 1 is 1.71 bits per heavy atom. The van der Waals surface area contributed by atoms with Gasteiger partial charge in [-0.25, -0.2) is 0 Å². The lowest BCUT2D eigenvalue weighted by molar-refractivity contribution is -0.120. The van der Waals surface area contributed by atoms with E-state index in [1.807, 2.05) is 26.0 Å². The van der Waals surface area contributed by atoms with Gasteiger partial charge in [-0.2, -0.15) is 0 Å². The second-order valence-electron chi connectivity index (χ2n) is 3.27. The normalized spacial score (nSPS) is 15.0. The summed E-state index contributed by atoms with van der Waals surface area (Å²) in [6, 6.07) is 3.39. The summed E-state index contributed by atoms with van der Waals surface area (Å²) in [5.74, 6) is 0.482. The van der Waals surface area contributed by atoms with Gasteiger partial charge in [0.25, 0.3) is 0 Å². The van der Waals surface area contributed by atoms with Gasteiger partial charge in [0.1, 0.15) is 5.76 Å².